The van der Waals surface area contributed by atoms with E-state index in [9.17, 15) is 4.79 Å². The van der Waals surface area contributed by atoms with E-state index in [0.29, 0.717) is 0 Å². The van der Waals surface area contributed by atoms with E-state index < -0.39 is 0 Å². The summed E-state index contributed by atoms with van der Waals surface area (Å²) in [6, 6.07) is 5.98. The molecule has 20 heavy (non-hydrogen) atoms. The van der Waals surface area contributed by atoms with E-state index in [-0.39, 0.29) is 5.91 Å². The highest BCUT2D eigenvalue weighted by Crippen LogP contribution is 2.20. The third-order valence-electron chi connectivity index (χ3n) is 3.40. The van der Waals surface area contributed by atoms with E-state index in [1.54, 1.807) is 0 Å². The molecule has 0 saturated carbocycles. The first-order chi connectivity index (χ1) is 9.63. The standard InChI is InChI=1S/C17H28N2O/c1-4-5-6-7-8-9-12-18-17-13-16(19-15(3)20)11-10-14(17)2/h10-11,13,18H,4-9,12H2,1-3H3,(H,19,20). The third kappa shape index (κ3) is 6.60. The number of amides is 1. The SMILES string of the molecule is CCCCCCCCNc1cc(NC(C)=O)ccc1C. The third-order valence-corrected chi connectivity index (χ3v) is 3.40. The molecule has 0 bridgehead atoms. The second kappa shape index (κ2) is 9.40. The van der Waals surface area contributed by atoms with Gasteiger partial charge < -0.3 is 10.6 Å². The number of anilines is 2. The topological polar surface area (TPSA) is 41.1 Å². The van der Waals surface area contributed by atoms with Crippen molar-refractivity contribution >= 4 is 17.3 Å². The summed E-state index contributed by atoms with van der Waals surface area (Å²) in [7, 11) is 0. The molecular formula is C17H28N2O. The maximum atomic E-state index is 11.1. The van der Waals surface area contributed by atoms with Crippen LogP contribution in [0.5, 0.6) is 0 Å². The number of benzene rings is 1. The lowest BCUT2D eigenvalue weighted by Crippen LogP contribution is -2.07. The van der Waals surface area contributed by atoms with E-state index in [1.807, 2.05) is 18.2 Å². The number of aryl methyl sites for hydroxylation is 1. The van der Waals surface area contributed by atoms with Crippen LogP contribution in [0.25, 0.3) is 0 Å². The van der Waals surface area contributed by atoms with Gasteiger partial charge in [-0.2, -0.15) is 0 Å². The molecule has 2 N–H and O–H groups in total. The lowest BCUT2D eigenvalue weighted by atomic mass is 10.1. The van der Waals surface area contributed by atoms with E-state index in [0.717, 1.165) is 17.9 Å². The second-order valence-electron chi connectivity index (χ2n) is 5.41. The number of rotatable bonds is 9. The van der Waals surface area contributed by atoms with Crippen molar-refractivity contribution in [1.82, 2.24) is 0 Å². The van der Waals surface area contributed by atoms with Crippen LogP contribution >= 0.6 is 0 Å². The van der Waals surface area contributed by atoms with Gasteiger partial charge in [0, 0.05) is 24.8 Å². The molecule has 0 radical (unpaired) electrons. The second-order valence-corrected chi connectivity index (χ2v) is 5.41. The van der Waals surface area contributed by atoms with Crippen LogP contribution in [0, 0.1) is 6.92 Å². The van der Waals surface area contributed by atoms with Crippen LogP contribution in [0.2, 0.25) is 0 Å². The molecule has 1 rings (SSSR count). The Morgan fingerprint density at radius 3 is 2.50 bits per heavy atom. The van der Waals surface area contributed by atoms with Crippen LogP contribution in [-0.4, -0.2) is 12.5 Å². The van der Waals surface area contributed by atoms with Crippen molar-refractivity contribution in [2.75, 3.05) is 17.2 Å². The van der Waals surface area contributed by atoms with Crippen molar-refractivity contribution in [2.45, 2.75) is 59.3 Å². The summed E-state index contributed by atoms with van der Waals surface area (Å²) in [5.41, 5.74) is 3.18. The molecule has 112 valence electrons. The lowest BCUT2D eigenvalue weighted by molar-refractivity contribution is -0.114. The van der Waals surface area contributed by atoms with Crippen LogP contribution in [0.1, 0.15) is 57.9 Å². The molecule has 0 heterocycles. The molecule has 3 heteroatoms. The van der Waals surface area contributed by atoms with E-state index >= 15 is 0 Å². The molecule has 0 unspecified atom stereocenters. The average molecular weight is 276 g/mol. The number of carbonyl (C=O) groups excluding carboxylic acids is 1. The van der Waals surface area contributed by atoms with Gasteiger partial charge in [-0.25, -0.2) is 0 Å². The van der Waals surface area contributed by atoms with Gasteiger partial charge in [-0.3, -0.25) is 4.79 Å². The first kappa shape index (κ1) is 16.5. The molecule has 3 nitrogen and oxygen atoms in total. The van der Waals surface area contributed by atoms with Crippen LogP contribution in [0.4, 0.5) is 11.4 Å². The number of nitrogens with one attached hydrogen (secondary N) is 2. The van der Waals surface area contributed by atoms with Gasteiger partial charge in [0.15, 0.2) is 0 Å². The number of hydrogen-bond donors (Lipinski definition) is 2. The Labute approximate surface area is 123 Å². The Morgan fingerprint density at radius 1 is 1.10 bits per heavy atom. The molecule has 0 atom stereocenters. The quantitative estimate of drug-likeness (QED) is 0.640. The Bertz CT molecular complexity index is 415. The lowest BCUT2D eigenvalue weighted by Gasteiger charge is -2.12. The molecule has 1 amide bonds. The molecular weight excluding hydrogens is 248 g/mol. The molecule has 0 aliphatic carbocycles. The summed E-state index contributed by atoms with van der Waals surface area (Å²) < 4.78 is 0. The zero-order valence-electron chi connectivity index (χ0n) is 13.1. The first-order valence-electron chi connectivity index (χ1n) is 7.75. The van der Waals surface area contributed by atoms with Crippen molar-refractivity contribution in [3.63, 3.8) is 0 Å². The molecule has 1 aromatic rings. The van der Waals surface area contributed by atoms with E-state index in [4.69, 9.17) is 0 Å². The average Bonchev–Trinajstić information content (AvgIpc) is 2.40. The number of unbranched alkanes of at least 4 members (excludes halogenated alkanes) is 5. The fraction of sp³-hybridized carbons (Fsp3) is 0.588. The van der Waals surface area contributed by atoms with Gasteiger partial charge in [0.2, 0.25) is 5.91 Å². The van der Waals surface area contributed by atoms with E-state index in [2.05, 4.69) is 24.5 Å². The van der Waals surface area contributed by atoms with Crippen LogP contribution in [0.15, 0.2) is 18.2 Å². The fourth-order valence-corrected chi connectivity index (χ4v) is 2.22. The van der Waals surface area contributed by atoms with Crippen molar-refractivity contribution < 1.29 is 4.79 Å². The number of carbonyl (C=O) groups is 1. The van der Waals surface area contributed by atoms with Crippen molar-refractivity contribution in [3.8, 4) is 0 Å². The molecule has 0 saturated heterocycles. The van der Waals surface area contributed by atoms with Gasteiger partial charge in [-0.1, -0.05) is 45.1 Å². The summed E-state index contributed by atoms with van der Waals surface area (Å²) in [5.74, 6) is -0.0317. The van der Waals surface area contributed by atoms with Crippen LogP contribution < -0.4 is 10.6 Å². The Hall–Kier alpha value is -1.51. The van der Waals surface area contributed by atoms with Crippen molar-refractivity contribution in [1.29, 1.82) is 0 Å². The smallest absolute Gasteiger partial charge is 0.221 e. The highest BCUT2D eigenvalue weighted by atomic mass is 16.1. The zero-order valence-corrected chi connectivity index (χ0v) is 13.1. The molecule has 0 aliphatic rings. The minimum absolute atomic E-state index is 0.0317. The highest BCUT2D eigenvalue weighted by molar-refractivity contribution is 5.89. The Morgan fingerprint density at radius 2 is 1.80 bits per heavy atom. The maximum Gasteiger partial charge on any atom is 0.221 e. The van der Waals surface area contributed by atoms with Gasteiger partial charge in [-0.15, -0.1) is 0 Å². The van der Waals surface area contributed by atoms with Crippen molar-refractivity contribution in [3.05, 3.63) is 23.8 Å². The Kier molecular flexibility index (Phi) is 7.78. The van der Waals surface area contributed by atoms with Gasteiger partial charge in [0.05, 0.1) is 0 Å². The first-order valence-corrected chi connectivity index (χ1v) is 7.75. The normalized spacial score (nSPS) is 10.3. The number of hydrogen-bond acceptors (Lipinski definition) is 2. The van der Waals surface area contributed by atoms with Gasteiger partial charge in [0.25, 0.3) is 0 Å². The summed E-state index contributed by atoms with van der Waals surface area (Å²) in [5, 5.41) is 6.28. The molecule has 1 aromatic carbocycles. The summed E-state index contributed by atoms with van der Waals surface area (Å²) in [6.07, 6.45) is 7.83. The van der Waals surface area contributed by atoms with Gasteiger partial charge in [0.1, 0.15) is 0 Å². The zero-order chi connectivity index (χ0) is 14.8. The van der Waals surface area contributed by atoms with Crippen LogP contribution in [0.3, 0.4) is 0 Å². The fourth-order valence-electron chi connectivity index (χ4n) is 2.22. The maximum absolute atomic E-state index is 11.1. The van der Waals surface area contributed by atoms with Crippen LogP contribution in [-0.2, 0) is 4.79 Å². The predicted molar refractivity (Wildman–Crippen MR) is 87.3 cm³/mol. The van der Waals surface area contributed by atoms with Gasteiger partial charge >= 0.3 is 0 Å². The predicted octanol–water partition coefficient (Wildman–Crippen LogP) is 4.73. The summed E-state index contributed by atoms with van der Waals surface area (Å²) in [4.78, 5) is 11.1. The molecule has 0 spiro atoms. The minimum Gasteiger partial charge on any atom is -0.385 e. The molecule has 0 aromatic heterocycles. The minimum atomic E-state index is -0.0317. The largest absolute Gasteiger partial charge is 0.385 e. The van der Waals surface area contributed by atoms with Crippen molar-refractivity contribution in [2.24, 2.45) is 0 Å². The summed E-state index contributed by atoms with van der Waals surface area (Å²) >= 11 is 0. The van der Waals surface area contributed by atoms with Gasteiger partial charge in [-0.05, 0) is 31.0 Å². The molecule has 0 fully saturated rings. The monoisotopic (exact) mass is 276 g/mol. The van der Waals surface area contributed by atoms with E-state index in [1.165, 1.54) is 51.0 Å². The Balaban J connectivity index is 2.33. The highest BCUT2D eigenvalue weighted by Gasteiger charge is 2.01. The summed E-state index contributed by atoms with van der Waals surface area (Å²) in [6.45, 7) is 6.85. The molecule has 0 aliphatic heterocycles.